The van der Waals surface area contributed by atoms with Crippen molar-refractivity contribution in [3.05, 3.63) is 34.9 Å². The van der Waals surface area contributed by atoms with Crippen LogP contribution in [-0.4, -0.2) is 18.4 Å². The summed E-state index contributed by atoms with van der Waals surface area (Å²) in [5, 5.41) is 3.84. The molecule has 86 valence electrons. The van der Waals surface area contributed by atoms with Crippen molar-refractivity contribution >= 4 is 17.4 Å². The lowest BCUT2D eigenvalue weighted by Gasteiger charge is -2.11. The summed E-state index contributed by atoms with van der Waals surface area (Å²) >= 11 is 5.97. The molecule has 0 bridgehead atoms. The Balaban J connectivity index is 1.90. The Kier molecular flexibility index (Phi) is 3.97. The zero-order chi connectivity index (χ0) is 11.4. The number of rotatable bonds is 4. The molecule has 1 aliphatic rings. The highest BCUT2D eigenvalue weighted by Gasteiger charge is 2.16. The molecular weight excluding hydrogens is 222 g/mol. The molecule has 0 atom stereocenters. The first-order chi connectivity index (χ1) is 7.77. The van der Waals surface area contributed by atoms with E-state index in [9.17, 15) is 4.79 Å². The third-order valence-electron chi connectivity index (χ3n) is 3.08. The largest absolute Gasteiger partial charge is 0.307 e. The summed E-state index contributed by atoms with van der Waals surface area (Å²) in [6, 6.07) is 7.73. The van der Waals surface area contributed by atoms with Gasteiger partial charge in [0.2, 0.25) is 0 Å². The van der Waals surface area contributed by atoms with Crippen LogP contribution in [0.3, 0.4) is 0 Å². The molecule has 0 heterocycles. The van der Waals surface area contributed by atoms with E-state index in [-0.39, 0.29) is 5.78 Å². The van der Waals surface area contributed by atoms with Crippen LogP contribution >= 0.6 is 11.6 Å². The summed E-state index contributed by atoms with van der Waals surface area (Å²) in [5.74, 6) is 0.0810. The molecule has 0 saturated heterocycles. The fraction of sp³-hybridized carbons (Fsp3) is 0.462. The molecule has 1 aliphatic carbocycles. The Hall–Kier alpha value is -0.860. The van der Waals surface area contributed by atoms with E-state index in [1.807, 2.05) is 12.1 Å². The smallest absolute Gasteiger partial charge is 0.178 e. The van der Waals surface area contributed by atoms with E-state index in [4.69, 9.17) is 11.6 Å². The predicted octanol–water partition coefficient (Wildman–Crippen LogP) is 3.05. The van der Waals surface area contributed by atoms with Crippen LogP contribution in [0.4, 0.5) is 0 Å². The quantitative estimate of drug-likeness (QED) is 0.816. The number of Topliss-reactive ketones (excluding diaryl/α,β-unsaturated/α-hetero) is 1. The van der Waals surface area contributed by atoms with E-state index in [1.54, 1.807) is 12.1 Å². The van der Waals surface area contributed by atoms with Crippen molar-refractivity contribution in [1.29, 1.82) is 0 Å². The second kappa shape index (κ2) is 5.46. The lowest BCUT2D eigenvalue weighted by Crippen LogP contribution is -2.31. The van der Waals surface area contributed by atoms with Gasteiger partial charge in [0.05, 0.1) is 11.6 Å². The number of hydrogen-bond donors (Lipinski definition) is 1. The van der Waals surface area contributed by atoms with Crippen LogP contribution in [0.15, 0.2) is 24.3 Å². The number of halogens is 1. The van der Waals surface area contributed by atoms with Crippen molar-refractivity contribution in [2.45, 2.75) is 31.7 Å². The molecule has 1 saturated carbocycles. The predicted molar refractivity (Wildman–Crippen MR) is 66.0 cm³/mol. The lowest BCUT2D eigenvalue weighted by molar-refractivity contribution is 0.0987. The van der Waals surface area contributed by atoms with Gasteiger partial charge in [-0.25, -0.2) is 0 Å². The maximum atomic E-state index is 11.9. The topological polar surface area (TPSA) is 29.1 Å². The highest BCUT2D eigenvalue weighted by molar-refractivity contribution is 6.34. The SMILES string of the molecule is O=C(CNC1CCCC1)c1ccccc1Cl. The van der Waals surface area contributed by atoms with Crippen molar-refractivity contribution in [3.63, 3.8) is 0 Å². The number of ketones is 1. The van der Waals surface area contributed by atoms with E-state index in [1.165, 1.54) is 25.7 Å². The number of nitrogens with one attached hydrogen (secondary N) is 1. The van der Waals surface area contributed by atoms with Gasteiger partial charge in [-0.3, -0.25) is 4.79 Å². The first-order valence-corrected chi connectivity index (χ1v) is 6.16. The maximum absolute atomic E-state index is 11.9. The van der Waals surface area contributed by atoms with Gasteiger partial charge in [0.1, 0.15) is 0 Å². The molecule has 0 aromatic heterocycles. The van der Waals surface area contributed by atoms with Gasteiger partial charge in [0.25, 0.3) is 0 Å². The molecule has 1 aromatic rings. The van der Waals surface area contributed by atoms with Crippen LogP contribution in [-0.2, 0) is 0 Å². The van der Waals surface area contributed by atoms with Gasteiger partial charge in [0, 0.05) is 11.6 Å². The number of benzene rings is 1. The summed E-state index contributed by atoms with van der Waals surface area (Å²) in [4.78, 5) is 11.9. The molecule has 0 aliphatic heterocycles. The van der Waals surface area contributed by atoms with Crippen molar-refractivity contribution in [1.82, 2.24) is 5.32 Å². The molecule has 0 spiro atoms. The molecule has 0 amide bonds. The van der Waals surface area contributed by atoms with Gasteiger partial charge in [-0.15, -0.1) is 0 Å². The van der Waals surface area contributed by atoms with Crippen LogP contribution in [0.1, 0.15) is 36.0 Å². The summed E-state index contributed by atoms with van der Waals surface area (Å²) in [6.45, 7) is 0.397. The van der Waals surface area contributed by atoms with Gasteiger partial charge >= 0.3 is 0 Å². The van der Waals surface area contributed by atoms with Gasteiger partial charge < -0.3 is 5.32 Å². The molecule has 1 N–H and O–H groups in total. The minimum atomic E-state index is 0.0810. The lowest BCUT2D eigenvalue weighted by atomic mass is 10.1. The molecule has 2 rings (SSSR count). The fourth-order valence-corrected chi connectivity index (χ4v) is 2.39. The Morgan fingerprint density at radius 1 is 1.31 bits per heavy atom. The summed E-state index contributed by atoms with van der Waals surface area (Å²) in [7, 11) is 0. The van der Waals surface area contributed by atoms with Gasteiger partial charge in [-0.1, -0.05) is 36.6 Å². The summed E-state index contributed by atoms with van der Waals surface area (Å²) in [6.07, 6.45) is 4.93. The zero-order valence-electron chi connectivity index (χ0n) is 9.21. The van der Waals surface area contributed by atoms with Crippen molar-refractivity contribution in [2.24, 2.45) is 0 Å². The first kappa shape index (κ1) is 11.6. The first-order valence-electron chi connectivity index (χ1n) is 5.78. The molecule has 16 heavy (non-hydrogen) atoms. The Labute approximate surface area is 101 Å². The standard InChI is InChI=1S/C13H16ClNO/c14-12-8-4-3-7-11(12)13(16)9-15-10-5-1-2-6-10/h3-4,7-8,10,15H,1-2,5-6,9H2. The zero-order valence-corrected chi connectivity index (χ0v) is 9.96. The van der Waals surface area contributed by atoms with E-state index >= 15 is 0 Å². The minimum Gasteiger partial charge on any atom is -0.307 e. The van der Waals surface area contributed by atoms with E-state index in [2.05, 4.69) is 5.32 Å². The van der Waals surface area contributed by atoms with Crippen molar-refractivity contribution in [3.8, 4) is 0 Å². The second-order valence-corrected chi connectivity index (χ2v) is 4.67. The van der Waals surface area contributed by atoms with Gasteiger partial charge in [-0.05, 0) is 25.0 Å². The van der Waals surface area contributed by atoms with Crippen LogP contribution < -0.4 is 5.32 Å². The third kappa shape index (κ3) is 2.83. The highest BCUT2D eigenvalue weighted by atomic mass is 35.5. The summed E-state index contributed by atoms with van der Waals surface area (Å²) in [5.41, 5.74) is 0.620. The van der Waals surface area contributed by atoms with Crippen molar-refractivity contribution < 1.29 is 4.79 Å². The second-order valence-electron chi connectivity index (χ2n) is 4.27. The number of carbonyl (C=O) groups excluding carboxylic acids is 1. The van der Waals surface area contributed by atoms with Crippen molar-refractivity contribution in [2.75, 3.05) is 6.54 Å². The summed E-state index contributed by atoms with van der Waals surface area (Å²) < 4.78 is 0. The molecule has 0 unspecified atom stereocenters. The normalized spacial score (nSPS) is 16.6. The van der Waals surface area contributed by atoms with Crippen LogP contribution in [0.2, 0.25) is 5.02 Å². The van der Waals surface area contributed by atoms with Gasteiger partial charge in [0.15, 0.2) is 5.78 Å². The van der Waals surface area contributed by atoms with Crippen LogP contribution in [0.5, 0.6) is 0 Å². The monoisotopic (exact) mass is 237 g/mol. The maximum Gasteiger partial charge on any atom is 0.178 e. The Morgan fingerprint density at radius 3 is 2.69 bits per heavy atom. The van der Waals surface area contributed by atoms with Crippen LogP contribution in [0.25, 0.3) is 0 Å². The fourth-order valence-electron chi connectivity index (χ4n) is 2.15. The Morgan fingerprint density at radius 2 is 2.00 bits per heavy atom. The average Bonchev–Trinajstić information content (AvgIpc) is 2.79. The molecule has 1 fully saturated rings. The number of carbonyl (C=O) groups is 1. The van der Waals surface area contributed by atoms with E-state index in [0.717, 1.165) is 0 Å². The van der Waals surface area contributed by atoms with E-state index < -0.39 is 0 Å². The molecule has 2 nitrogen and oxygen atoms in total. The minimum absolute atomic E-state index is 0.0810. The molecule has 0 radical (unpaired) electrons. The third-order valence-corrected chi connectivity index (χ3v) is 3.41. The van der Waals surface area contributed by atoms with E-state index in [0.29, 0.717) is 23.2 Å². The molecule has 1 aromatic carbocycles. The molecular formula is C13H16ClNO. The number of hydrogen-bond acceptors (Lipinski definition) is 2. The van der Waals surface area contributed by atoms with Crippen LogP contribution in [0, 0.1) is 0 Å². The molecule has 3 heteroatoms. The average molecular weight is 238 g/mol. The highest BCUT2D eigenvalue weighted by Crippen LogP contribution is 2.18. The van der Waals surface area contributed by atoms with Gasteiger partial charge in [-0.2, -0.15) is 0 Å². The Bertz CT molecular complexity index is 372.